The van der Waals surface area contributed by atoms with E-state index in [-0.39, 0.29) is 6.03 Å². The number of ether oxygens (including phenoxy) is 1. The molecule has 0 atom stereocenters. The summed E-state index contributed by atoms with van der Waals surface area (Å²) in [6.07, 6.45) is 0.760. The molecule has 0 aliphatic heterocycles. The summed E-state index contributed by atoms with van der Waals surface area (Å²) in [4.78, 5) is 11.7. The van der Waals surface area contributed by atoms with Crippen LogP contribution in [0.3, 0.4) is 0 Å². The highest BCUT2D eigenvalue weighted by Gasteiger charge is 2.01. The fourth-order valence-corrected chi connectivity index (χ4v) is 1.99. The fourth-order valence-electron chi connectivity index (χ4n) is 1.99. The van der Waals surface area contributed by atoms with Gasteiger partial charge in [0, 0.05) is 12.2 Å². The van der Waals surface area contributed by atoms with Gasteiger partial charge in [0.05, 0.1) is 6.61 Å². The molecule has 0 saturated heterocycles. The molecule has 0 spiro atoms. The molecule has 116 valence electrons. The van der Waals surface area contributed by atoms with Gasteiger partial charge in [-0.05, 0) is 44.0 Å². The van der Waals surface area contributed by atoms with Crippen LogP contribution in [0.2, 0.25) is 0 Å². The Balaban J connectivity index is 1.63. The van der Waals surface area contributed by atoms with Crippen LogP contribution in [0.1, 0.15) is 17.5 Å². The molecule has 2 aromatic carbocycles. The van der Waals surface area contributed by atoms with Gasteiger partial charge in [-0.2, -0.15) is 0 Å². The molecule has 22 heavy (non-hydrogen) atoms. The van der Waals surface area contributed by atoms with Crippen molar-refractivity contribution >= 4 is 11.7 Å². The molecular formula is C18H22N2O2. The van der Waals surface area contributed by atoms with Crippen LogP contribution < -0.4 is 15.4 Å². The van der Waals surface area contributed by atoms with Crippen molar-refractivity contribution in [2.75, 3.05) is 18.5 Å². The van der Waals surface area contributed by atoms with E-state index in [4.69, 9.17) is 4.74 Å². The number of aryl methyl sites for hydroxylation is 2. The Kier molecular flexibility index (Phi) is 5.83. The van der Waals surface area contributed by atoms with E-state index < -0.39 is 0 Å². The van der Waals surface area contributed by atoms with Crippen molar-refractivity contribution in [3.8, 4) is 5.75 Å². The van der Waals surface area contributed by atoms with Crippen LogP contribution >= 0.6 is 0 Å². The maximum Gasteiger partial charge on any atom is 0.319 e. The second-order valence-corrected chi connectivity index (χ2v) is 5.21. The minimum atomic E-state index is -0.195. The Labute approximate surface area is 131 Å². The molecule has 0 aliphatic carbocycles. The lowest BCUT2D eigenvalue weighted by atomic mass is 10.2. The lowest BCUT2D eigenvalue weighted by Crippen LogP contribution is -2.30. The quantitative estimate of drug-likeness (QED) is 0.795. The first-order valence-electron chi connectivity index (χ1n) is 7.45. The summed E-state index contributed by atoms with van der Waals surface area (Å²) in [7, 11) is 0. The smallest absolute Gasteiger partial charge is 0.319 e. The number of urea groups is 1. The first-order chi connectivity index (χ1) is 10.6. The number of hydrogen-bond acceptors (Lipinski definition) is 2. The van der Waals surface area contributed by atoms with E-state index in [1.165, 1.54) is 5.56 Å². The summed E-state index contributed by atoms with van der Waals surface area (Å²) < 4.78 is 5.68. The minimum absolute atomic E-state index is 0.195. The molecule has 0 fully saturated rings. The number of anilines is 1. The number of hydrogen-bond donors (Lipinski definition) is 2. The zero-order chi connectivity index (χ0) is 15.8. The number of amides is 2. The standard InChI is InChI=1S/C18H22N2O2/c1-14-8-10-16(11-9-14)20-18(21)19-12-5-13-22-17-7-4-3-6-15(17)2/h3-4,6-11H,5,12-13H2,1-2H3,(H2,19,20,21). The van der Waals surface area contributed by atoms with Crippen molar-refractivity contribution in [1.82, 2.24) is 5.32 Å². The van der Waals surface area contributed by atoms with Gasteiger partial charge in [0.1, 0.15) is 5.75 Å². The van der Waals surface area contributed by atoms with Gasteiger partial charge < -0.3 is 15.4 Å². The van der Waals surface area contributed by atoms with Crippen LogP contribution in [0.5, 0.6) is 5.75 Å². The predicted molar refractivity (Wildman–Crippen MR) is 89.5 cm³/mol. The molecular weight excluding hydrogens is 276 g/mol. The molecule has 0 radical (unpaired) electrons. The second-order valence-electron chi connectivity index (χ2n) is 5.21. The first-order valence-corrected chi connectivity index (χ1v) is 7.45. The lowest BCUT2D eigenvalue weighted by molar-refractivity contribution is 0.250. The van der Waals surface area contributed by atoms with E-state index in [9.17, 15) is 4.79 Å². The molecule has 2 N–H and O–H groups in total. The molecule has 0 unspecified atom stereocenters. The predicted octanol–water partition coefficient (Wildman–Crippen LogP) is 3.89. The number of carbonyl (C=O) groups is 1. The monoisotopic (exact) mass is 298 g/mol. The van der Waals surface area contributed by atoms with Gasteiger partial charge in [-0.15, -0.1) is 0 Å². The van der Waals surface area contributed by atoms with E-state index in [0.29, 0.717) is 13.2 Å². The normalized spacial score (nSPS) is 10.1. The molecule has 0 heterocycles. The van der Waals surface area contributed by atoms with Crippen LogP contribution in [-0.4, -0.2) is 19.2 Å². The topological polar surface area (TPSA) is 50.4 Å². The maximum absolute atomic E-state index is 11.7. The molecule has 0 aromatic heterocycles. The number of rotatable bonds is 6. The average molecular weight is 298 g/mol. The Morgan fingerprint density at radius 1 is 1.05 bits per heavy atom. The van der Waals surface area contributed by atoms with Gasteiger partial charge in [0.25, 0.3) is 0 Å². The highest BCUT2D eigenvalue weighted by molar-refractivity contribution is 5.89. The summed E-state index contributed by atoms with van der Waals surface area (Å²) in [5.74, 6) is 0.895. The number of benzene rings is 2. The fraction of sp³-hybridized carbons (Fsp3) is 0.278. The van der Waals surface area contributed by atoms with Crippen LogP contribution in [-0.2, 0) is 0 Å². The second kappa shape index (κ2) is 8.08. The third-order valence-electron chi connectivity index (χ3n) is 3.27. The summed E-state index contributed by atoms with van der Waals surface area (Å²) in [6.45, 7) is 5.18. The Hall–Kier alpha value is -2.49. The van der Waals surface area contributed by atoms with Crippen LogP contribution in [0.25, 0.3) is 0 Å². The van der Waals surface area contributed by atoms with E-state index in [1.54, 1.807) is 0 Å². The van der Waals surface area contributed by atoms with Crippen LogP contribution in [0.4, 0.5) is 10.5 Å². The summed E-state index contributed by atoms with van der Waals surface area (Å²) in [6, 6.07) is 15.4. The van der Waals surface area contributed by atoms with Gasteiger partial charge in [-0.25, -0.2) is 4.79 Å². The van der Waals surface area contributed by atoms with Crippen LogP contribution in [0, 0.1) is 13.8 Å². The zero-order valence-electron chi connectivity index (χ0n) is 13.1. The van der Waals surface area contributed by atoms with E-state index in [0.717, 1.165) is 23.4 Å². The highest BCUT2D eigenvalue weighted by atomic mass is 16.5. The van der Waals surface area contributed by atoms with E-state index in [2.05, 4.69) is 10.6 Å². The van der Waals surface area contributed by atoms with Crippen LogP contribution in [0.15, 0.2) is 48.5 Å². The Morgan fingerprint density at radius 2 is 1.77 bits per heavy atom. The minimum Gasteiger partial charge on any atom is -0.493 e. The van der Waals surface area contributed by atoms with Gasteiger partial charge in [-0.1, -0.05) is 35.9 Å². The summed E-state index contributed by atoms with van der Waals surface area (Å²) in [5, 5.41) is 5.61. The molecule has 2 amide bonds. The molecule has 0 aliphatic rings. The third kappa shape index (κ3) is 5.13. The van der Waals surface area contributed by atoms with Gasteiger partial charge in [-0.3, -0.25) is 0 Å². The SMILES string of the molecule is Cc1ccc(NC(=O)NCCCOc2ccccc2C)cc1. The average Bonchev–Trinajstić information content (AvgIpc) is 2.51. The van der Waals surface area contributed by atoms with Crippen molar-refractivity contribution < 1.29 is 9.53 Å². The zero-order valence-corrected chi connectivity index (χ0v) is 13.1. The summed E-state index contributed by atoms with van der Waals surface area (Å²) in [5.41, 5.74) is 3.08. The Morgan fingerprint density at radius 3 is 2.50 bits per heavy atom. The van der Waals surface area contributed by atoms with Crippen molar-refractivity contribution in [2.24, 2.45) is 0 Å². The highest BCUT2D eigenvalue weighted by Crippen LogP contribution is 2.16. The first kappa shape index (κ1) is 15.9. The molecule has 4 heteroatoms. The molecule has 0 bridgehead atoms. The van der Waals surface area contributed by atoms with Crippen molar-refractivity contribution in [3.05, 3.63) is 59.7 Å². The lowest BCUT2D eigenvalue weighted by Gasteiger charge is -2.10. The maximum atomic E-state index is 11.7. The van der Waals surface area contributed by atoms with E-state index >= 15 is 0 Å². The number of nitrogens with one attached hydrogen (secondary N) is 2. The van der Waals surface area contributed by atoms with Gasteiger partial charge >= 0.3 is 6.03 Å². The van der Waals surface area contributed by atoms with Gasteiger partial charge in [0.2, 0.25) is 0 Å². The number of carbonyl (C=O) groups excluding carboxylic acids is 1. The van der Waals surface area contributed by atoms with Gasteiger partial charge in [0.15, 0.2) is 0 Å². The van der Waals surface area contributed by atoms with Crippen molar-refractivity contribution in [1.29, 1.82) is 0 Å². The van der Waals surface area contributed by atoms with Crippen molar-refractivity contribution in [3.63, 3.8) is 0 Å². The molecule has 0 saturated carbocycles. The summed E-state index contributed by atoms with van der Waals surface area (Å²) >= 11 is 0. The Bertz CT molecular complexity index is 609. The largest absolute Gasteiger partial charge is 0.493 e. The number of para-hydroxylation sites is 1. The molecule has 2 aromatic rings. The van der Waals surface area contributed by atoms with E-state index in [1.807, 2.05) is 62.4 Å². The molecule has 2 rings (SSSR count). The van der Waals surface area contributed by atoms with Crippen molar-refractivity contribution in [2.45, 2.75) is 20.3 Å². The third-order valence-corrected chi connectivity index (χ3v) is 3.27. The molecule has 4 nitrogen and oxygen atoms in total.